The molecule has 0 amide bonds. The van der Waals surface area contributed by atoms with E-state index < -0.39 is 0 Å². The SMILES string of the molecule is Cc1cc(C)nc(Sc2ccc(CC(C)N)cc2Br)n1. The lowest BCUT2D eigenvalue weighted by Crippen LogP contribution is -2.17. The lowest BCUT2D eigenvalue weighted by atomic mass is 10.1. The van der Waals surface area contributed by atoms with Gasteiger partial charge in [-0.2, -0.15) is 0 Å². The highest BCUT2D eigenvalue weighted by molar-refractivity contribution is 9.10. The number of aromatic nitrogens is 2. The maximum atomic E-state index is 5.83. The highest BCUT2D eigenvalue weighted by Crippen LogP contribution is 2.32. The fraction of sp³-hybridized carbons (Fsp3) is 0.333. The first-order chi connectivity index (χ1) is 9.44. The van der Waals surface area contributed by atoms with Crippen molar-refractivity contribution in [2.24, 2.45) is 5.73 Å². The largest absolute Gasteiger partial charge is 0.328 e. The summed E-state index contributed by atoms with van der Waals surface area (Å²) in [6.45, 7) is 5.99. The molecule has 0 saturated carbocycles. The zero-order valence-electron chi connectivity index (χ0n) is 11.9. The Morgan fingerprint density at radius 3 is 2.40 bits per heavy atom. The van der Waals surface area contributed by atoms with Gasteiger partial charge in [0.15, 0.2) is 5.16 Å². The molecule has 2 N–H and O–H groups in total. The molecule has 2 aromatic rings. The van der Waals surface area contributed by atoms with Gasteiger partial charge in [-0.1, -0.05) is 6.07 Å². The van der Waals surface area contributed by atoms with Gasteiger partial charge < -0.3 is 5.73 Å². The Balaban J connectivity index is 2.21. The number of aryl methyl sites for hydroxylation is 2. The Kier molecular flexibility index (Phi) is 5.18. The standard InChI is InChI=1S/C15H18BrN3S/c1-9(17)6-12-4-5-14(13(16)8-12)20-15-18-10(2)7-11(3)19-15/h4-5,7-9H,6,17H2,1-3H3. The highest BCUT2D eigenvalue weighted by Gasteiger charge is 2.08. The second-order valence-electron chi connectivity index (χ2n) is 4.98. The van der Waals surface area contributed by atoms with Crippen LogP contribution in [0.1, 0.15) is 23.9 Å². The zero-order chi connectivity index (χ0) is 14.7. The minimum absolute atomic E-state index is 0.170. The van der Waals surface area contributed by atoms with Crippen LogP contribution < -0.4 is 5.73 Å². The van der Waals surface area contributed by atoms with E-state index in [0.717, 1.165) is 32.3 Å². The topological polar surface area (TPSA) is 51.8 Å². The highest BCUT2D eigenvalue weighted by atomic mass is 79.9. The molecule has 0 bridgehead atoms. The van der Waals surface area contributed by atoms with Gasteiger partial charge >= 0.3 is 0 Å². The van der Waals surface area contributed by atoms with E-state index in [1.54, 1.807) is 11.8 Å². The molecule has 5 heteroatoms. The second-order valence-corrected chi connectivity index (χ2v) is 6.84. The van der Waals surface area contributed by atoms with Gasteiger partial charge in [0.1, 0.15) is 0 Å². The van der Waals surface area contributed by atoms with Crippen LogP contribution in [-0.4, -0.2) is 16.0 Å². The molecule has 20 heavy (non-hydrogen) atoms. The molecule has 0 fully saturated rings. The summed E-state index contributed by atoms with van der Waals surface area (Å²) in [4.78, 5) is 10.0. The predicted octanol–water partition coefficient (Wildman–Crippen LogP) is 3.90. The average Bonchev–Trinajstić information content (AvgIpc) is 2.30. The van der Waals surface area contributed by atoms with E-state index in [2.05, 4.69) is 44.1 Å². The summed E-state index contributed by atoms with van der Waals surface area (Å²) in [5, 5.41) is 0.781. The van der Waals surface area contributed by atoms with Crippen LogP contribution in [-0.2, 0) is 6.42 Å². The minimum atomic E-state index is 0.170. The van der Waals surface area contributed by atoms with E-state index in [1.807, 2.05) is 26.8 Å². The Labute approximate surface area is 132 Å². The molecule has 0 aliphatic rings. The number of halogens is 1. The van der Waals surface area contributed by atoms with Crippen LogP contribution in [0.4, 0.5) is 0 Å². The van der Waals surface area contributed by atoms with E-state index in [9.17, 15) is 0 Å². The Morgan fingerprint density at radius 1 is 1.20 bits per heavy atom. The van der Waals surface area contributed by atoms with Gasteiger partial charge in [0.2, 0.25) is 0 Å². The maximum absolute atomic E-state index is 5.83. The molecular weight excluding hydrogens is 334 g/mol. The lowest BCUT2D eigenvalue weighted by molar-refractivity contribution is 0.737. The lowest BCUT2D eigenvalue weighted by Gasteiger charge is -2.09. The molecule has 1 aromatic heterocycles. The van der Waals surface area contributed by atoms with Crippen LogP contribution >= 0.6 is 27.7 Å². The third-order valence-corrected chi connectivity index (χ3v) is 4.58. The number of rotatable bonds is 4. The number of nitrogens with two attached hydrogens (primary N) is 1. The molecule has 3 nitrogen and oxygen atoms in total. The van der Waals surface area contributed by atoms with Crippen molar-refractivity contribution in [2.75, 3.05) is 0 Å². The summed E-state index contributed by atoms with van der Waals surface area (Å²) in [6, 6.07) is 8.47. The Morgan fingerprint density at radius 2 is 1.85 bits per heavy atom. The monoisotopic (exact) mass is 351 g/mol. The smallest absolute Gasteiger partial charge is 0.192 e. The van der Waals surface area contributed by atoms with Gasteiger partial charge in [-0.15, -0.1) is 0 Å². The van der Waals surface area contributed by atoms with E-state index in [0.29, 0.717) is 0 Å². The van der Waals surface area contributed by atoms with Crippen LogP contribution in [0.3, 0.4) is 0 Å². The van der Waals surface area contributed by atoms with Crippen molar-refractivity contribution in [1.29, 1.82) is 0 Å². The van der Waals surface area contributed by atoms with Crippen LogP contribution in [0.2, 0.25) is 0 Å². The summed E-state index contributed by atoms with van der Waals surface area (Å²) in [5.41, 5.74) is 9.04. The van der Waals surface area contributed by atoms with Gasteiger partial charge in [0.05, 0.1) is 0 Å². The molecular formula is C15H18BrN3S. The van der Waals surface area contributed by atoms with E-state index >= 15 is 0 Å². The van der Waals surface area contributed by atoms with Crippen molar-refractivity contribution in [3.05, 3.63) is 45.7 Å². The number of nitrogens with zero attached hydrogens (tertiary/aromatic N) is 2. The summed E-state index contributed by atoms with van der Waals surface area (Å²) in [5.74, 6) is 0. The minimum Gasteiger partial charge on any atom is -0.328 e. The van der Waals surface area contributed by atoms with E-state index in [4.69, 9.17) is 5.73 Å². The maximum Gasteiger partial charge on any atom is 0.192 e. The van der Waals surface area contributed by atoms with Crippen molar-refractivity contribution in [1.82, 2.24) is 9.97 Å². The molecule has 0 radical (unpaired) electrons. The number of benzene rings is 1. The van der Waals surface area contributed by atoms with Crippen molar-refractivity contribution >= 4 is 27.7 Å². The molecule has 106 valence electrons. The van der Waals surface area contributed by atoms with Crippen LogP contribution in [0, 0.1) is 13.8 Å². The van der Waals surface area contributed by atoms with Crippen molar-refractivity contribution in [3.63, 3.8) is 0 Å². The summed E-state index contributed by atoms with van der Waals surface area (Å²) >= 11 is 5.18. The van der Waals surface area contributed by atoms with Crippen molar-refractivity contribution < 1.29 is 0 Å². The summed E-state index contributed by atoms with van der Waals surface area (Å²) < 4.78 is 1.06. The Bertz CT molecular complexity index is 594. The van der Waals surface area contributed by atoms with E-state index in [-0.39, 0.29) is 6.04 Å². The zero-order valence-corrected chi connectivity index (χ0v) is 14.3. The molecule has 1 aromatic carbocycles. The number of hydrogen-bond donors (Lipinski definition) is 1. The van der Waals surface area contributed by atoms with Gasteiger partial charge in [0.25, 0.3) is 0 Å². The molecule has 0 saturated heterocycles. The molecule has 0 aliphatic heterocycles. The fourth-order valence-corrected chi connectivity index (χ4v) is 3.50. The summed E-state index contributed by atoms with van der Waals surface area (Å²) in [6.07, 6.45) is 0.879. The fourth-order valence-electron chi connectivity index (χ4n) is 1.96. The first-order valence-corrected chi connectivity index (χ1v) is 8.09. The van der Waals surface area contributed by atoms with Crippen LogP contribution in [0.15, 0.2) is 38.8 Å². The average molecular weight is 352 g/mol. The third kappa shape index (κ3) is 4.30. The van der Waals surface area contributed by atoms with Gasteiger partial charge in [-0.3, -0.25) is 0 Å². The normalized spacial score (nSPS) is 12.4. The van der Waals surface area contributed by atoms with Crippen LogP contribution in [0.5, 0.6) is 0 Å². The molecule has 0 aliphatic carbocycles. The summed E-state index contributed by atoms with van der Waals surface area (Å²) in [7, 11) is 0. The van der Waals surface area contributed by atoms with Gasteiger partial charge in [-0.25, -0.2) is 9.97 Å². The predicted molar refractivity (Wildman–Crippen MR) is 87.1 cm³/mol. The van der Waals surface area contributed by atoms with Gasteiger partial charge in [-0.05, 0) is 78.6 Å². The second kappa shape index (κ2) is 6.70. The first-order valence-electron chi connectivity index (χ1n) is 6.48. The molecule has 1 heterocycles. The third-order valence-electron chi connectivity index (χ3n) is 2.72. The first kappa shape index (κ1) is 15.5. The van der Waals surface area contributed by atoms with Crippen LogP contribution in [0.25, 0.3) is 0 Å². The van der Waals surface area contributed by atoms with Crippen molar-refractivity contribution in [3.8, 4) is 0 Å². The number of hydrogen-bond acceptors (Lipinski definition) is 4. The molecule has 1 atom stereocenters. The quantitative estimate of drug-likeness (QED) is 0.848. The Hall–Kier alpha value is -0.910. The van der Waals surface area contributed by atoms with E-state index in [1.165, 1.54) is 5.56 Å². The molecule has 2 rings (SSSR count). The molecule has 0 spiro atoms. The molecule has 1 unspecified atom stereocenters. The van der Waals surface area contributed by atoms with Crippen molar-refractivity contribution in [2.45, 2.75) is 43.3 Å². The van der Waals surface area contributed by atoms with Gasteiger partial charge in [0, 0.05) is 26.8 Å².